The van der Waals surface area contributed by atoms with Gasteiger partial charge in [0.25, 0.3) is 0 Å². The number of carbonyl (C=O) groups excluding carboxylic acids is 1. The fraction of sp³-hybridized carbons (Fsp3) is 0.267. The minimum atomic E-state index is 0.0855. The Bertz CT molecular complexity index is 399. The van der Waals surface area contributed by atoms with Crippen molar-refractivity contribution in [1.29, 1.82) is 0 Å². The van der Waals surface area contributed by atoms with Gasteiger partial charge in [-0.25, -0.2) is 0 Å². The molecule has 2 nitrogen and oxygen atoms in total. The van der Waals surface area contributed by atoms with E-state index in [-0.39, 0.29) is 11.8 Å². The van der Waals surface area contributed by atoms with Crippen LogP contribution < -0.4 is 5.32 Å². The van der Waals surface area contributed by atoms with Gasteiger partial charge >= 0.3 is 0 Å². The van der Waals surface area contributed by atoms with E-state index >= 15 is 0 Å². The van der Waals surface area contributed by atoms with Crippen LogP contribution in [0.2, 0.25) is 0 Å². The van der Waals surface area contributed by atoms with Gasteiger partial charge in [-0.1, -0.05) is 43.0 Å². The van der Waals surface area contributed by atoms with Crippen molar-refractivity contribution in [2.24, 2.45) is 0 Å². The van der Waals surface area contributed by atoms with Crippen LogP contribution in [0.4, 0.5) is 0 Å². The predicted molar refractivity (Wildman–Crippen MR) is 72.5 cm³/mol. The maximum atomic E-state index is 11.7. The van der Waals surface area contributed by atoms with Crippen LogP contribution in [0.5, 0.6) is 0 Å². The van der Waals surface area contributed by atoms with E-state index in [9.17, 15) is 4.79 Å². The van der Waals surface area contributed by atoms with Crippen LogP contribution in [0.25, 0.3) is 0 Å². The van der Waals surface area contributed by atoms with Gasteiger partial charge < -0.3 is 5.32 Å². The van der Waals surface area contributed by atoms with Crippen molar-refractivity contribution in [3.8, 4) is 0 Å². The minimum Gasteiger partial charge on any atom is -0.385 e. The SMILES string of the molecule is C=C/C=C\C(=C)CCC1=CC(C)NC=CC1=O. The fourth-order valence-corrected chi connectivity index (χ4v) is 1.60. The number of hydrogen-bond acceptors (Lipinski definition) is 2. The lowest BCUT2D eigenvalue weighted by molar-refractivity contribution is -0.111. The third-order valence-electron chi connectivity index (χ3n) is 2.54. The van der Waals surface area contributed by atoms with Crippen LogP contribution in [0.15, 0.2) is 60.9 Å². The standard InChI is InChI=1S/C15H19NO/c1-4-5-6-12(2)7-8-14-11-13(3)16-10-9-15(14)17/h4-6,9-11,13,16H,1-2,7-8H2,3H3/b6-5-. The number of nitrogens with one attached hydrogen (secondary N) is 1. The Balaban J connectivity index is 2.58. The number of ketones is 1. The average Bonchev–Trinajstić information content (AvgIpc) is 2.46. The molecule has 2 heteroatoms. The van der Waals surface area contributed by atoms with Crippen LogP contribution >= 0.6 is 0 Å². The van der Waals surface area contributed by atoms with Gasteiger partial charge in [0, 0.05) is 18.3 Å². The highest BCUT2D eigenvalue weighted by atomic mass is 16.1. The van der Waals surface area contributed by atoms with Crippen molar-refractivity contribution in [3.05, 3.63) is 60.9 Å². The molecule has 0 aromatic heterocycles. The summed E-state index contributed by atoms with van der Waals surface area (Å²) < 4.78 is 0. The number of hydrogen-bond donors (Lipinski definition) is 1. The zero-order valence-corrected chi connectivity index (χ0v) is 10.3. The Hall–Kier alpha value is -1.83. The van der Waals surface area contributed by atoms with Gasteiger partial charge in [-0.05, 0) is 25.3 Å². The van der Waals surface area contributed by atoms with E-state index in [4.69, 9.17) is 0 Å². The highest BCUT2D eigenvalue weighted by Gasteiger charge is 2.10. The molecule has 0 spiro atoms. The van der Waals surface area contributed by atoms with Crippen molar-refractivity contribution in [2.75, 3.05) is 0 Å². The van der Waals surface area contributed by atoms with Gasteiger partial charge in [0.1, 0.15) is 0 Å². The summed E-state index contributed by atoms with van der Waals surface area (Å²) in [6, 6.07) is 0.199. The van der Waals surface area contributed by atoms with Crippen LogP contribution in [0.3, 0.4) is 0 Å². The lowest BCUT2D eigenvalue weighted by Gasteiger charge is -2.06. The second-order valence-corrected chi connectivity index (χ2v) is 4.10. The average molecular weight is 229 g/mol. The molecule has 0 bridgehead atoms. The lowest BCUT2D eigenvalue weighted by Crippen LogP contribution is -2.16. The third kappa shape index (κ3) is 4.68. The Kier molecular flexibility index (Phi) is 5.21. The zero-order chi connectivity index (χ0) is 12.7. The summed E-state index contributed by atoms with van der Waals surface area (Å²) >= 11 is 0. The number of carbonyl (C=O) groups is 1. The van der Waals surface area contributed by atoms with Gasteiger partial charge in [0.15, 0.2) is 5.78 Å². The van der Waals surface area contributed by atoms with Gasteiger partial charge in [0.2, 0.25) is 0 Å². The summed E-state index contributed by atoms with van der Waals surface area (Å²) in [5.41, 5.74) is 1.86. The monoisotopic (exact) mass is 229 g/mol. The number of allylic oxidation sites excluding steroid dienone is 6. The molecule has 1 unspecified atom stereocenters. The maximum absolute atomic E-state index is 11.7. The topological polar surface area (TPSA) is 29.1 Å². The summed E-state index contributed by atoms with van der Waals surface area (Å²) in [6.45, 7) is 9.57. The van der Waals surface area contributed by atoms with Gasteiger partial charge in [-0.2, -0.15) is 0 Å². The van der Waals surface area contributed by atoms with Crippen molar-refractivity contribution in [1.82, 2.24) is 5.32 Å². The predicted octanol–water partition coefficient (Wildman–Crippen LogP) is 3.07. The lowest BCUT2D eigenvalue weighted by atomic mass is 10.0. The maximum Gasteiger partial charge on any atom is 0.183 e. The first-order valence-corrected chi connectivity index (χ1v) is 5.78. The molecule has 1 N–H and O–H groups in total. The summed E-state index contributed by atoms with van der Waals surface area (Å²) in [7, 11) is 0. The summed E-state index contributed by atoms with van der Waals surface area (Å²) in [4.78, 5) is 11.7. The molecule has 1 aliphatic rings. The van der Waals surface area contributed by atoms with E-state index < -0.39 is 0 Å². The smallest absolute Gasteiger partial charge is 0.183 e. The van der Waals surface area contributed by atoms with Crippen LogP contribution in [-0.4, -0.2) is 11.8 Å². The molecule has 0 aliphatic carbocycles. The van der Waals surface area contributed by atoms with E-state index in [1.54, 1.807) is 18.4 Å². The largest absolute Gasteiger partial charge is 0.385 e. The molecule has 0 aromatic carbocycles. The highest BCUT2D eigenvalue weighted by Crippen LogP contribution is 2.15. The number of rotatable bonds is 5. The second-order valence-electron chi connectivity index (χ2n) is 4.10. The Labute approximate surface area is 103 Å². The molecule has 1 aliphatic heterocycles. The molecule has 0 radical (unpaired) electrons. The molecule has 1 heterocycles. The molecule has 0 aromatic rings. The van der Waals surface area contributed by atoms with E-state index in [0.29, 0.717) is 0 Å². The molecule has 90 valence electrons. The Morgan fingerprint density at radius 3 is 3.06 bits per heavy atom. The summed E-state index contributed by atoms with van der Waals surface area (Å²) in [5.74, 6) is 0.0855. The van der Waals surface area contributed by atoms with Crippen molar-refractivity contribution < 1.29 is 4.79 Å². The molecule has 0 amide bonds. The summed E-state index contributed by atoms with van der Waals surface area (Å²) in [5, 5.41) is 3.10. The normalized spacial score (nSPS) is 19.7. The third-order valence-corrected chi connectivity index (χ3v) is 2.54. The molecule has 1 atom stereocenters. The Morgan fingerprint density at radius 1 is 1.59 bits per heavy atom. The first-order valence-electron chi connectivity index (χ1n) is 5.78. The molecule has 0 saturated carbocycles. The van der Waals surface area contributed by atoms with Crippen molar-refractivity contribution in [3.63, 3.8) is 0 Å². The second kappa shape index (κ2) is 6.69. The Morgan fingerprint density at radius 2 is 2.35 bits per heavy atom. The molecule has 0 saturated heterocycles. The molecule has 1 rings (SSSR count). The van der Waals surface area contributed by atoms with E-state index in [2.05, 4.69) is 18.5 Å². The van der Waals surface area contributed by atoms with Crippen molar-refractivity contribution in [2.45, 2.75) is 25.8 Å². The van der Waals surface area contributed by atoms with Gasteiger partial charge in [0.05, 0.1) is 0 Å². The molecule has 17 heavy (non-hydrogen) atoms. The van der Waals surface area contributed by atoms with E-state index in [1.165, 1.54) is 0 Å². The van der Waals surface area contributed by atoms with E-state index in [0.717, 1.165) is 24.0 Å². The van der Waals surface area contributed by atoms with Crippen LogP contribution in [0, 0.1) is 0 Å². The highest BCUT2D eigenvalue weighted by molar-refractivity contribution is 6.04. The first kappa shape index (κ1) is 13.2. The molecule has 0 fully saturated rings. The van der Waals surface area contributed by atoms with Crippen molar-refractivity contribution >= 4 is 5.78 Å². The first-order chi connectivity index (χ1) is 8.13. The van der Waals surface area contributed by atoms with Gasteiger partial charge in [-0.15, -0.1) is 0 Å². The van der Waals surface area contributed by atoms with Gasteiger partial charge in [-0.3, -0.25) is 4.79 Å². The fourth-order valence-electron chi connectivity index (χ4n) is 1.60. The minimum absolute atomic E-state index is 0.0855. The molecular formula is C15H19NO. The van der Waals surface area contributed by atoms with E-state index in [1.807, 2.05) is 25.2 Å². The van der Waals surface area contributed by atoms with Crippen LogP contribution in [0.1, 0.15) is 19.8 Å². The molecular weight excluding hydrogens is 210 g/mol. The van der Waals surface area contributed by atoms with Crippen LogP contribution in [-0.2, 0) is 4.79 Å². The zero-order valence-electron chi connectivity index (χ0n) is 10.3. The quantitative estimate of drug-likeness (QED) is 0.734. The summed E-state index contributed by atoms with van der Waals surface area (Å²) in [6.07, 6.45) is 12.3.